The minimum absolute atomic E-state index is 0.0205. The molecule has 6 heteroatoms. The number of carbonyl (C=O) groups is 1. The van der Waals surface area contributed by atoms with Gasteiger partial charge in [-0.05, 0) is 25.9 Å². The smallest absolute Gasteiger partial charge is 0.309 e. The van der Waals surface area contributed by atoms with E-state index in [9.17, 15) is 4.79 Å². The number of carboxylic acid groups (broad SMARTS) is 1. The van der Waals surface area contributed by atoms with Gasteiger partial charge in [-0.3, -0.25) is 9.69 Å². The zero-order valence-corrected chi connectivity index (χ0v) is 12.0. The number of nitrogens with zero attached hydrogens (tertiary/aromatic N) is 2. The van der Waals surface area contributed by atoms with E-state index in [0.717, 1.165) is 41.6 Å². The number of methoxy groups -OCH3 is 1. The average molecular weight is 284 g/mol. The Labute approximate surface area is 117 Å². The molecule has 0 saturated carbocycles. The fraction of sp³-hybridized carbons (Fsp3) is 0.692. The van der Waals surface area contributed by atoms with Crippen molar-refractivity contribution in [3.63, 3.8) is 0 Å². The van der Waals surface area contributed by atoms with Crippen molar-refractivity contribution in [1.82, 2.24) is 9.88 Å². The Balaban J connectivity index is 2.07. The number of aliphatic carboxylic acids is 1. The second-order valence-corrected chi connectivity index (χ2v) is 5.94. The van der Waals surface area contributed by atoms with Gasteiger partial charge in [0.2, 0.25) is 0 Å². The summed E-state index contributed by atoms with van der Waals surface area (Å²) in [6.07, 6.45) is 3.26. The Kier molecular flexibility index (Phi) is 5.30. The molecule has 1 aliphatic heterocycles. The second kappa shape index (κ2) is 6.98. The van der Waals surface area contributed by atoms with Crippen LogP contribution in [0.5, 0.6) is 0 Å². The van der Waals surface area contributed by atoms with Crippen LogP contribution in [0.2, 0.25) is 0 Å². The van der Waals surface area contributed by atoms with Crippen molar-refractivity contribution in [2.45, 2.75) is 32.2 Å². The van der Waals surface area contributed by atoms with E-state index >= 15 is 0 Å². The van der Waals surface area contributed by atoms with Gasteiger partial charge >= 0.3 is 5.97 Å². The molecule has 1 aromatic heterocycles. The number of thiazole rings is 1. The number of aromatic nitrogens is 1. The van der Waals surface area contributed by atoms with Gasteiger partial charge in [-0.15, -0.1) is 11.3 Å². The van der Waals surface area contributed by atoms with E-state index in [4.69, 9.17) is 9.84 Å². The van der Waals surface area contributed by atoms with Crippen LogP contribution in [0.3, 0.4) is 0 Å². The number of ether oxygens (including phenoxy) is 1. The molecule has 5 nitrogen and oxygen atoms in total. The van der Waals surface area contributed by atoms with Crippen LogP contribution < -0.4 is 0 Å². The topological polar surface area (TPSA) is 62.7 Å². The lowest BCUT2D eigenvalue weighted by Gasteiger charge is -2.13. The molecule has 1 aliphatic rings. The summed E-state index contributed by atoms with van der Waals surface area (Å²) < 4.78 is 5.05. The molecule has 0 atom stereocenters. The lowest BCUT2D eigenvalue weighted by Crippen LogP contribution is -2.19. The Bertz CT molecular complexity index is 428. The highest BCUT2D eigenvalue weighted by atomic mass is 32.1. The third-order valence-corrected chi connectivity index (χ3v) is 4.37. The first-order valence-corrected chi connectivity index (χ1v) is 7.41. The van der Waals surface area contributed by atoms with Gasteiger partial charge in [0.25, 0.3) is 0 Å². The van der Waals surface area contributed by atoms with Gasteiger partial charge in [-0.2, -0.15) is 0 Å². The van der Waals surface area contributed by atoms with Crippen molar-refractivity contribution in [3.8, 4) is 0 Å². The molecule has 106 valence electrons. The molecule has 1 fully saturated rings. The highest BCUT2D eigenvalue weighted by Crippen LogP contribution is 2.23. The van der Waals surface area contributed by atoms with Crippen LogP contribution >= 0.6 is 11.3 Å². The Morgan fingerprint density at radius 3 is 2.84 bits per heavy atom. The van der Waals surface area contributed by atoms with E-state index in [0.29, 0.717) is 6.61 Å². The molecular formula is C13H20N2O3S. The predicted octanol–water partition coefficient (Wildman–Crippen LogP) is 1.55. The van der Waals surface area contributed by atoms with Gasteiger partial charge in [-0.1, -0.05) is 0 Å². The van der Waals surface area contributed by atoms with Crippen LogP contribution in [0.15, 0.2) is 0 Å². The predicted molar refractivity (Wildman–Crippen MR) is 73.5 cm³/mol. The zero-order chi connectivity index (χ0) is 13.7. The van der Waals surface area contributed by atoms with Gasteiger partial charge in [-0.25, -0.2) is 4.98 Å². The average Bonchev–Trinajstić information content (AvgIpc) is 2.97. The first kappa shape index (κ1) is 14.4. The molecule has 0 aromatic carbocycles. The van der Waals surface area contributed by atoms with Crippen LogP contribution in [-0.4, -0.2) is 47.8 Å². The summed E-state index contributed by atoms with van der Waals surface area (Å²) in [7, 11) is 1.66. The fourth-order valence-corrected chi connectivity index (χ4v) is 3.39. The molecule has 1 N–H and O–H groups in total. The van der Waals surface area contributed by atoms with Gasteiger partial charge in [0, 0.05) is 25.0 Å². The Morgan fingerprint density at radius 2 is 2.21 bits per heavy atom. The number of rotatable bonds is 7. The van der Waals surface area contributed by atoms with Gasteiger partial charge in [0.1, 0.15) is 0 Å². The lowest BCUT2D eigenvalue weighted by atomic mass is 10.2. The quantitative estimate of drug-likeness (QED) is 0.823. The third-order valence-electron chi connectivity index (χ3n) is 3.23. The summed E-state index contributed by atoms with van der Waals surface area (Å²) in [4.78, 5) is 18.8. The van der Waals surface area contributed by atoms with Gasteiger partial charge < -0.3 is 9.84 Å². The molecule has 0 unspecified atom stereocenters. The second-order valence-electron chi connectivity index (χ2n) is 4.77. The maximum atomic E-state index is 10.9. The van der Waals surface area contributed by atoms with E-state index in [1.807, 2.05) is 0 Å². The van der Waals surface area contributed by atoms with Crippen molar-refractivity contribution < 1.29 is 14.6 Å². The van der Waals surface area contributed by atoms with Crippen molar-refractivity contribution in [1.29, 1.82) is 0 Å². The van der Waals surface area contributed by atoms with Gasteiger partial charge in [0.15, 0.2) is 0 Å². The highest BCUT2D eigenvalue weighted by molar-refractivity contribution is 7.11. The standard InChI is InChI=1S/C13H20N2O3S/c1-18-7-4-12-14-10(8-13(16)17)11(19-12)9-15-5-2-3-6-15/h2-9H2,1H3,(H,16,17). The molecule has 1 aromatic rings. The number of hydrogen-bond donors (Lipinski definition) is 1. The van der Waals surface area contributed by atoms with E-state index in [1.165, 1.54) is 12.8 Å². The Morgan fingerprint density at radius 1 is 1.47 bits per heavy atom. The van der Waals surface area contributed by atoms with Crippen molar-refractivity contribution in [3.05, 3.63) is 15.6 Å². The van der Waals surface area contributed by atoms with Crippen LogP contribution in [0.25, 0.3) is 0 Å². The monoisotopic (exact) mass is 284 g/mol. The molecule has 0 aliphatic carbocycles. The van der Waals surface area contributed by atoms with Crippen LogP contribution in [0.4, 0.5) is 0 Å². The zero-order valence-electron chi connectivity index (χ0n) is 11.2. The first-order chi connectivity index (χ1) is 9.19. The molecular weight excluding hydrogens is 264 g/mol. The molecule has 0 bridgehead atoms. The first-order valence-electron chi connectivity index (χ1n) is 6.59. The molecule has 0 amide bonds. The molecule has 2 rings (SSSR count). The number of likely N-dealkylation sites (tertiary alicyclic amines) is 1. The third kappa shape index (κ3) is 4.26. The fourth-order valence-electron chi connectivity index (χ4n) is 2.28. The van der Waals surface area contributed by atoms with Gasteiger partial charge in [0.05, 0.1) is 23.7 Å². The van der Waals surface area contributed by atoms with E-state index in [1.54, 1.807) is 18.4 Å². The summed E-state index contributed by atoms with van der Waals surface area (Å²) in [5.74, 6) is -0.814. The lowest BCUT2D eigenvalue weighted by molar-refractivity contribution is -0.136. The molecule has 19 heavy (non-hydrogen) atoms. The Hall–Kier alpha value is -0.980. The maximum absolute atomic E-state index is 10.9. The molecule has 0 radical (unpaired) electrons. The SMILES string of the molecule is COCCc1nc(CC(=O)O)c(CN2CCCC2)s1. The molecule has 2 heterocycles. The highest BCUT2D eigenvalue weighted by Gasteiger charge is 2.18. The number of carboxylic acids is 1. The minimum atomic E-state index is -0.814. The van der Waals surface area contributed by atoms with Crippen LogP contribution in [-0.2, 0) is 28.9 Å². The van der Waals surface area contributed by atoms with Crippen LogP contribution in [0, 0.1) is 0 Å². The number of hydrogen-bond acceptors (Lipinski definition) is 5. The summed E-state index contributed by atoms with van der Waals surface area (Å²) in [6, 6.07) is 0. The van der Waals surface area contributed by atoms with Crippen molar-refractivity contribution >= 4 is 17.3 Å². The van der Waals surface area contributed by atoms with Crippen molar-refractivity contribution in [2.75, 3.05) is 26.8 Å². The minimum Gasteiger partial charge on any atom is -0.481 e. The summed E-state index contributed by atoms with van der Waals surface area (Å²) in [6.45, 7) is 3.69. The van der Waals surface area contributed by atoms with Crippen LogP contribution in [0.1, 0.15) is 28.4 Å². The summed E-state index contributed by atoms with van der Waals surface area (Å²) in [5, 5.41) is 9.94. The summed E-state index contributed by atoms with van der Waals surface area (Å²) in [5.41, 5.74) is 0.732. The largest absolute Gasteiger partial charge is 0.481 e. The van der Waals surface area contributed by atoms with E-state index < -0.39 is 5.97 Å². The maximum Gasteiger partial charge on any atom is 0.309 e. The van der Waals surface area contributed by atoms with E-state index in [-0.39, 0.29) is 6.42 Å². The summed E-state index contributed by atoms with van der Waals surface area (Å²) >= 11 is 1.63. The molecule has 0 spiro atoms. The van der Waals surface area contributed by atoms with Crippen molar-refractivity contribution in [2.24, 2.45) is 0 Å². The normalized spacial score (nSPS) is 16.1. The van der Waals surface area contributed by atoms with E-state index in [2.05, 4.69) is 9.88 Å². The molecule has 1 saturated heterocycles.